The predicted octanol–water partition coefficient (Wildman–Crippen LogP) is 0.997. The molecular weight excluding hydrogens is 216 g/mol. The summed E-state index contributed by atoms with van der Waals surface area (Å²) >= 11 is 0. The summed E-state index contributed by atoms with van der Waals surface area (Å²) in [5.41, 5.74) is 5.98. The highest BCUT2D eigenvalue weighted by Gasteiger charge is 2.35. The van der Waals surface area contributed by atoms with E-state index in [0.717, 1.165) is 32.3 Å². The summed E-state index contributed by atoms with van der Waals surface area (Å²) in [6, 6.07) is 0.473. The molecule has 1 aliphatic heterocycles. The summed E-state index contributed by atoms with van der Waals surface area (Å²) in [5.74, 6) is 0.847. The van der Waals surface area contributed by atoms with Gasteiger partial charge in [0.1, 0.15) is 0 Å². The number of nitrogens with zero attached hydrogens (tertiary/aromatic N) is 1. The summed E-state index contributed by atoms with van der Waals surface area (Å²) in [7, 11) is 1.91. The van der Waals surface area contributed by atoms with Crippen LogP contribution in [0.5, 0.6) is 0 Å². The highest BCUT2D eigenvalue weighted by Crippen LogP contribution is 2.31. The number of carbonyl (C=O) groups excluding carboxylic acids is 1. The van der Waals surface area contributed by atoms with Gasteiger partial charge in [-0.25, -0.2) is 0 Å². The molecular formula is C13H24N2O2. The van der Waals surface area contributed by atoms with Gasteiger partial charge in [0.05, 0.1) is 12.6 Å². The zero-order valence-electron chi connectivity index (χ0n) is 10.9. The van der Waals surface area contributed by atoms with Crippen LogP contribution in [0.2, 0.25) is 0 Å². The smallest absolute Gasteiger partial charge is 0.226 e. The van der Waals surface area contributed by atoms with Gasteiger partial charge in [-0.2, -0.15) is 0 Å². The van der Waals surface area contributed by atoms with Crippen LogP contribution in [0.15, 0.2) is 0 Å². The van der Waals surface area contributed by atoms with Gasteiger partial charge in [0.2, 0.25) is 5.91 Å². The first kappa shape index (κ1) is 12.8. The van der Waals surface area contributed by atoms with Crippen molar-refractivity contribution in [3.63, 3.8) is 0 Å². The number of carbonyl (C=O) groups is 1. The SMILES string of the molecule is CC1CCC(N)CC1C(=O)N(C)C1CCOC1. The first-order valence-electron chi connectivity index (χ1n) is 6.69. The third-order valence-corrected chi connectivity index (χ3v) is 4.35. The van der Waals surface area contributed by atoms with Gasteiger partial charge in [0.15, 0.2) is 0 Å². The van der Waals surface area contributed by atoms with Crippen LogP contribution in [0.3, 0.4) is 0 Å². The Labute approximate surface area is 103 Å². The van der Waals surface area contributed by atoms with Crippen molar-refractivity contribution in [1.82, 2.24) is 4.90 Å². The van der Waals surface area contributed by atoms with Crippen LogP contribution in [-0.4, -0.2) is 43.2 Å². The predicted molar refractivity (Wildman–Crippen MR) is 66.5 cm³/mol. The molecule has 1 saturated carbocycles. The third-order valence-electron chi connectivity index (χ3n) is 4.35. The maximum atomic E-state index is 12.5. The Balaban J connectivity index is 1.97. The zero-order chi connectivity index (χ0) is 12.4. The average Bonchev–Trinajstić information content (AvgIpc) is 2.84. The fourth-order valence-electron chi connectivity index (χ4n) is 2.97. The van der Waals surface area contributed by atoms with E-state index < -0.39 is 0 Å². The molecule has 1 heterocycles. The van der Waals surface area contributed by atoms with E-state index in [9.17, 15) is 4.79 Å². The summed E-state index contributed by atoms with van der Waals surface area (Å²) in [6.07, 6.45) is 3.95. The number of nitrogens with two attached hydrogens (primary N) is 1. The van der Waals surface area contributed by atoms with Gasteiger partial charge in [-0.05, 0) is 31.6 Å². The van der Waals surface area contributed by atoms with E-state index in [2.05, 4.69) is 6.92 Å². The Bertz CT molecular complexity index is 277. The number of likely N-dealkylation sites (N-methyl/N-ethyl adjacent to an activating group) is 1. The molecule has 2 aliphatic rings. The van der Waals surface area contributed by atoms with Crippen LogP contribution in [0.4, 0.5) is 0 Å². The lowest BCUT2D eigenvalue weighted by Gasteiger charge is -2.35. The second kappa shape index (κ2) is 5.36. The standard InChI is InChI=1S/C13H24N2O2/c1-9-3-4-10(14)7-12(9)13(16)15(2)11-5-6-17-8-11/h9-12H,3-8,14H2,1-2H3. The quantitative estimate of drug-likeness (QED) is 0.783. The lowest BCUT2D eigenvalue weighted by atomic mass is 9.77. The molecule has 0 aromatic heterocycles. The summed E-state index contributed by atoms with van der Waals surface area (Å²) in [5, 5.41) is 0. The fraction of sp³-hybridized carbons (Fsp3) is 0.923. The van der Waals surface area contributed by atoms with Crippen molar-refractivity contribution in [3.8, 4) is 0 Å². The van der Waals surface area contributed by atoms with E-state index >= 15 is 0 Å². The zero-order valence-corrected chi connectivity index (χ0v) is 10.9. The Morgan fingerprint density at radius 2 is 2.12 bits per heavy atom. The second-order valence-corrected chi connectivity index (χ2v) is 5.62. The van der Waals surface area contributed by atoms with Gasteiger partial charge in [0, 0.05) is 25.6 Å². The van der Waals surface area contributed by atoms with Gasteiger partial charge in [-0.3, -0.25) is 4.79 Å². The summed E-state index contributed by atoms with van der Waals surface area (Å²) in [6.45, 7) is 3.64. The highest BCUT2D eigenvalue weighted by atomic mass is 16.5. The second-order valence-electron chi connectivity index (χ2n) is 5.62. The van der Waals surface area contributed by atoms with Crippen molar-refractivity contribution < 1.29 is 9.53 Å². The van der Waals surface area contributed by atoms with Crippen LogP contribution >= 0.6 is 0 Å². The van der Waals surface area contributed by atoms with Gasteiger partial charge in [-0.15, -0.1) is 0 Å². The molecule has 0 spiro atoms. The van der Waals surface area contributed by atoms with Gasteiger partial charge >= 0.3 is 0 Å². The van der Waals surface area contributed by atoms with Crippen molar-refractivity contribution in [2.45, 2.75) is 44.7 Å². The van der Waals surface area contributed by atoms with E-state index in [0.29, 0.717) is 12.5 Å². The van der Waals surface area contributed by atoms with Crippen molar-refractivity contribution in [2.24, 2.45) is 17.6 Å². The van der Waals surface area contributed by atoms with E-state index in [-0.39, 0.29) is 23.9 Å². The van der Waals surface area contributed by atoms with Crippen molar-refractivity contribution in [1.29, 1.82) is 0 Å². The maximum absolute atomic E-state index is 12.5. The van der Waals surface area contributed by atoms with E-state index in [4.69, 9.17) is 10.5 Å². The first-order chi connectivity index (χ1) is 8.09. The Morgan fingerprint density at radius 3 is 2.76 bits per heavy atom. The number of rotatable bonds is 2. The number of amides is 1. The molecule has 2 fully saturated rings. The fourth-order valence-corrected chi connectivity index (χ4v) is 2.97. The molecule has 1 aliphatic carbocycles. The van der Waals surface area contributed by atoms with E-state index in [1.165, 1.54) is 0 Å². The molecule has 0 aromatic carbocycles. The van der Waals surface area contributed by atoms with Crippen LogP contribution in [0, 0.1) is 11.8 Å². The molecule has 0 aromatic rings. The van der Waals surface area contributed by atoms with Gasteiger partial charge in [-0.1, -0.05) is 6.92 Å². The van der Waals surface area contributed by atoms with Crippen molar-refractivity contribution >= 4 is 5.91 Å². The molecule has 0 radical (unpaired) electrons. The van der Waals surface area contributed by atoms with Gasteiger partial charge < -0.3 is 15.4 Å². The largest absolute Gasteiger partial charge is 0.379 e. The number of hydrogen-bond acceptors (Lipinski definition) is 3. The third kappa shape index (κ3) is 2.80. The van der Waals surface area contributed by atoms with Crippen LogP contribution in [0.25, 0.3) is 0 Å². The molecule has 4 atom stereocenters. The Kier molecular flexibility index (Phi) is 4.05. The molecule has 1 saturated heterocycles. The molecule has 0 bridgehead atoms. The van der Waals surface area contributed by atoms with E-state index in [1.54, 1.807) is 0 Å². The topological polar surface area (TPSA) is 55.6 Å². The van der Waals surface area contributed by atoms with Crippen LogP contribution in [-0.2, 0) is 9.53 Å². The molecule has 4 unspecified atom stereocenters. The average molecular weight is 240 g/mol. The molecule has 2 N–H and O–H groups in total. The lowest BCUT2D eigenvalue weighted by Crippen LogP contribution is -2.46. The molecule has 4 heteroatoms. The number of hydrogen-bond donors (Lipinski definition) is 1. The molecule has 17 heavy (non-hydrogen) atoms. The molecule has 1 amide bonds. The van der Waals surface area contributed by atoms with Gasteiger partial charge in [0.25, 0.3) is 0 Å². The minimum Gasteiger partial charge on any atom is -0.379 e. The molecule has 4 nitrogen and oxygen atoms in total. The Morgan fingerprint density at radius 1 is 1.35 bits per heavy atom. The minimum absolute atomic E-state index is 0.115. The summed E-state index contributed by atoms with van der Waals surface area (Å²) in [4.78, 5) is 14.4. The maximum Gasteiger partial charge on any atom is 0.226 e. The minimum atomic E-state index is 0.115. The van der Waals surface area contributed by atoms with Crippen molar-refractivity contribution in [2.75, 3.05) is 20.3 Å². The Hall–Kier alpha value is -0.610. The number of ether oxygens (including phenoxy) is 1. The molecule has 98 valence electrons. The normalized spacial score (nSPS) is 38.1. The molecule has 2 rings (SSSR count). The highest BCUT2D eigenvalue weighted by molar-refractivity contribution is 5.79. The lowest BCUT2D eigenvalue weighted by molar-refractivity contribution is -0.139. The monoisotopic (exact) mass is 240 g/mol. The summed E-state index contributed by atoms with van der Waals surface area (Å²) < 4.78 is 5.35. The van der Waals surface area contributed by atoms with Crippen LogP contribution in [0.1, 0.15) is 32.6 Å². The van der Waals surface area contributed by atoms with Crippen LogP contribution < -0.4 is 5.73 Å². The van der Waals surface area contributed by atoms with E-state index in [1.807, 2.05) is 11.9 Å². The first-order valence-corrected chi connectivity index (χ1v) is 6.69. The van der Waals surface area contributed by atoms with Crippen molar-refractivity contribution in [3.05, 3.63) is 0 Å².